The van der Waals surface area contributed by atoms with Crippen molar-refractivity contribution in [3.63, 3.8) is 0 Å². The topological polar surface area (TPSA) is 26.0 Å². The second-order valence-electron chi connectivity index (χ2n) is 4.67. The first-order valence-electron chi connectivity index (χ1n) is 6.65. The van der Waals surface area contributed by atoms with Gasteiger partial charge in [-0.1, -0.05) is 32.4 Å². The van der Waals surface area contributed by atoms with E-state index < -0.39 is 0 Å². The quantitative estimate of drug-likeness (QED) is 0.581. The third-order valence-corrected chi connectivity index (χ3v) is 4.28. The molecule has 1 aromatic carbocycles. The molecule has 0 aromatic heterocycles. The van der Waals surface area contributed by atoms with Gasteiger partial charge in [-0.2, -0.15) is 0 Å². The van der Waals surface area contributed by atoms with Crippen LogP contribution in [0.4, 0.5) is 0 Å². The van der Waals surface area contributed by atoms with E-state index in [-0.39, 0.29) is 0 Å². The van der Waals surface area contributed by atoms with Crippen LogP contribution < -0.4 is 5.73 Å². The molecular weight excluding hydrogens is 226 g/mol. The van der Waals surface area contributed by atoms with E-state index in [1.165, 1.54) is 34.6 Å². The molecule has 0 amide bonds. The van der Waals surface area contributed by atoms with Crippen LogP contribution in [0.2, 0.25) is 0 Å². The summed E-state index contributed by atoms with van der Waals surface area (Å²) >= 11 is 1.97. The SMILES string of the molecule is CCCCSc1ccc(CC(N)CC)cc1C. The number of nitrogens with two attached hydrogens (primary N) is 1. The lowest BCUT2D eigenvalue weighted by Crippen LogP contribution is -2.21. The Balaban J connectivity index is 2.59. The van der Waals surface area contributed by atoms with Crippen molar-refractivity contribution in [2.45, 2.75) is 57.4 Å². The van der Waals surface area contributed by atoms with Crippen molar-refractivity contribution in [2.75, 3.05) is 5.75 Å². The fourth-order valence-corrected chi connectivity index (χ4v) is 2.88. The van der Waals surface area contributed by atoms with Crippen LogP contribution in [0.15, 0.2) is 23.1 Å². The lowest BCUT2D eigenvalue weighted by atomic mass is 10.0. The maximum absolute atomic E-state index is 5.99. The van der Waals surface area contributed by atoms with Crippen molar-refractivity contribution in [1.29, 1.82) is 0 Å². The Morgan fingerprint density at radius 1 is 1.29 bits per heavy atom. The molecule has 0 aliphatic heterocycles. The Morgan fingerprint density at radius 2 is 2.06 bits per heavy atom. The van der Waals surface area contributed by atoms with Crippen molar-refractivity contribution in [3.8, 4) is 0 Å². The molecule has 0 radical (unpaired) electrons. The summed E-state index contributed by atoms with van der Waals surface area (Å²) in [4.78, 5) is 1.42. The van der Waals surface area contributed by atoms with Gasteiger partial charge in [-0.3, -0.25) is 0 Å². The number of unbranched alkanes of at least 4 members (excludes halogenated alkanes) is 1. The number of aryl methyl sites for hydroxylation is 1. The van der Waals surface area contributed by atoms with Gasteiger partial charge < -0.3 is 5.73 Å². The smallest absolute Gasteiger partial charge is 0.0101 e. The molecule has 0 heterocycles. The molecule has 1 nitrogen and oxygen atoms in total. The number of thioether (sulfide) groups is 1. The first-order chi connectivity index (χ1) is 8.17. The van der Waals surface area contributed by atoms with E-state index in [4.69, 9.17) is 5.73 Å². The second-order valence-corrected chi connectivity index (χ2v) is 5.81. The minimum absolute atomic E-state index is 0.299. The monoisotopic (exact) mass is 251 g/mol. The molecule has 2 heteroatoms. The van der Waals surface area contributed by atoms with Crippen LogP contribution in [0.1, 0.15) is 44.2 Å². The summed E-state index contributed by atoms with van der Waals surface area (Å²) in [7, 11) is 0. The van der Waals surface area contributed by atoms with Crippen LogP contribution in [0.25, 0.3) is 0 Å². The van der Waals surface area contributed by atoms with Gasteiger partial charge >= 0.3 is 0 Å². The highest BCUT2D eigenvalue weighted by Gasteiger charge is 2.04. The molecule has 2 N–H and O–H groups in total. The minimum atomic E-state index is 0.299. The normalized spacial score (nSPS) is 12.7. The molecule has 96 valence electrons. The van der Waals surface area contributed by atoms with E-state index in [0.29, 0.717) is 6.04 Å². The van der Waals surface area contributed by atoms with Gasteiger partial charge in [-0.25, -0.2) is 0 Å². The zero-order chi connectivity index (χ0) is 12.7. The van der Waals surface area contributed by atoms with E-state index in [9.17, 15) is 0 Å². The summed E-state index contributed by atoms with van der Waals surface area (Å²) in [6.07, 6.45) is 4.62. The fraction of sp³-hybridized carbons (Fsp3) is 0.600. The molecule has 17 heavy (non-hydrogen) atoms. The van der Waals surface area contributed by atoms with Gasteiger partial charge in [0.15, 0.2) is 0 Å². The fourth-order valence-electron chi connectivity index (χ4n) is 1.77. The zero-order valence-corrected chi connectivity index (χ0v) is 12.1. The lowest BCUT2D eigenvalue weighted by Gasteiger charge is -2.11. The Kier molecular flexibility index (Phi) is 6.68. The number of hydrogen-bond acceptors (Lipinski definition) is 2. The Morgan fingerprint density at radius 3 is 2.65 bits per heavy atom. The average Bonchev–Trinajstić information content (AvgIpc) is 2.32. The first kappa shape index (κ1) is 14.6. The van der Waals surface area contributed by atoms with Crippen LogP contribution in [-0.4, -0.2) is 11.8 Å². The highest BCUT2D eigenvalue weighted by molar-refractivity contribution is 7.99. The third kappa shape index (κ3) is 5.13. The van der Waals surface area contributed by atoms with Crippen LogP contribution in [0, 0.1) is 6.92 Å². The van der Waals surface area contributed by atoms with Crippen LogP contribution >= 0.6 is 11.8 Å². The van der Waals surface area contributed by atoms with Gasteiger partial charge in [-0.15, -0.1) is 11.8 Å². The number of benzene rings is 1. The molecule has 0 saturated heterocycles. The van der Waals surface area contributed by atoms with Crippen molar-refractivity contribution in [3.05, 3.63) is 29.3 Å². The molecule has 0 aliphatic carbocycles. The molecular formula is C15H25NS. The van der Waals surface area contributed by atoms with Gasteiger partial charge in [0.2, 0.25) is 0 Å². The average molecular weight is 251 g/mol. The predicted octanol–water partition coefficient (Wildman–Crippen LogP) is 4.17. The molecule has 0 aliphatic rings. The maximum Gasteiger partial charge on any atom is 0.0101 e. The third-order valence-electron chi connectivity index (χ3n) is 3.02. The van der Waals surface area contributed by atoms with Crippen molar-refractivity contribution in [1.82, 2.24) is 0 Å². The standard InChI is InChI=1S/C15H25NS/c1-4-6-9-17-15-8-7-13(10-12(15)3)11-14(16)5-2/h7-8,10,14H,4-6,9,11,16H2,1-3H3. The highest BCUT2D eigenvalue weighted by Crippen LogP contribution is 2.24. The van der Waals surface area contributed by atoms with Crippen molar-refractivity contribution in [2.24, 2.45) is 5.73 Å². The molecule has 0 spiro atoms. The summed E-state index contributed by atoms with van der Waals surface area (Å²) in [5.74, 6) is 1.23. The van der Waals surface area contributed by atoms with Crippen LogP contribution in [0.3, 0.4) is 0 Å². The van der Waals surface area contributed by atoms with E-state index in [1.807, 2.05) is 11.8 Å². The van der Waals surface area contributed by atoms with Crippen molar-refractivity contribution >= 4 is 11.8 Å². The summed E-state index contributed by atoms with van der Waals surface area (Å²) in [6.45, 7) is 6.59. The van der Waals surface area contributed by atoms with Gasteiger partial charge in [-0.05, 0) is 49.1 Å². The molecule has 1 aromatic rings. The summed E-state index contributed by atoms with van der Waals surface area (Å²) in [5.41, 5.74) is 8.75. The van der Waals surface area contributed by atoms with E-state index >= 15 is 0 Å². The number of rotatable bonds is 7. The van der Waals surface area contributed by atoms with E-state index in [1.54, 1.807) is 0 Å². The molecule has 1 atom stereocenters. The van der Waals surface area contributed by atoms with Gasteiger partial charge in [0.05, 0.1) is 0 Å². The highest BCUT2D eigenvalue weighted by atomic mass is 32.2. The Bertz CT molecular complexity index is 336. The van der Waals surface area contributed by atoms with Crippen LogP contribution in [0.5, 0.6) is 0 Å². The summed E-state index contributed by atoms with van der Waals surface area (Å²) in [5, 5.41) is 0. The number of hydrogen-bond donors (Lipinski definition) is 1. The lowest BCUT2D eigenvalue weighted by molar-refractivity contribution is 0.646. The predicted molar refractivity (Wildman–Crippen MR) is 78.8 cm³/mol. The molecule has 0 fully saturated rings. The maximum atomic E-state index is 5.99. The molecule has 0 saturated carbocycles. The Hall–Kier alpha value is -0.470. The Labute approximate surface area is 110 Å². The zero-order valence-electron chi connectivity index (χ0n) is 11.3. The summed E-state index contributed by atoms with van der Waals surface area (Å²) in [6, 6.07) is 7.08. The van der Waals surface area contributed by atoms with Gasteiger partial charge in [0.1, 0.15) is 0 Å². The van der Waals surface area contributed by atoms with Gasteiger partial charge in [0.25, 0.3) is 0 Å². The van der Waals surface area contributed by atoms with E-state index in [0.717, 1.165) is 12.8 Å². The largest absolute Gasteiger partial charge is 0.327 e. The second kappa shape index (κ2) is 7.78. The molecule has 1 unspecified atom stereocenters. The molecule has 0 bridgehead atoms. The van der Waals surface area contributed by atoms with E-state index in [2.05, 4.69) is 39.0 Å². The first-order valence-corrected chi connectivity index (χ1v) is 7.63. The van der Waals surface area contributed by atoms with Crippen LogP contribution in [-0.2, 0) is 6.42 Å². The molecule has 1 rings (SSSR count). The summed E-state index contributed by atoms with van der Waals surface area (Å²) < 4.78 is 0. The van der Waals surface area contributed by atoms with Crippen molar-refractivity contribution < 1.29 is 0 Å². The van der Waals surface area contributed by atoms with Gasteiger partial charge in [0, 0.05) is 10.9 Å². The minimum Gasteiger partial charge on any atom is -0.327 e.